The fourth-order valence-electron chi connectivity index (χ4n) is 1.70. The number of benzene rings is 1. The molecule has 2 amide bonds. The van der Waals surface area contributed by atoms with Gasteiger partial charge in [0.15, 0.2) is 0 Å². The topological polar surface area (TPSA) is 84.2 Å². The largest absolute Gasteiger partial charge is 0.347 e. The number of nitrogens with one attached hydrogen (secondary N) is 2. The Morgan fingerprint density at radius 1 is 1.29 bits per heavy atom. The van der Waals surface area contributed by atoms with Crippen LogP contribution in [0, 0.1) is 0 Å². The molecule has 1 atom stereocenters. The molecule has 0 bridgehead atoms. The number of hydrogen-bond acceptors (Lipinski definition) is 3. The van der Waals surface area contributed by atoms with Crippen molar-refractivity contribution >= 4 is 29.9 Å². The molecule has 0 aliphatic carbocycles. The summed E-state index contributed by atoms with van der Waals surface area (Å²) in [5, 5.41) is 5.34. The number of nitrogens with two attached hydrogens (primary N) is 1. The van der Waals surface area contributed by atoms with Crippen LogP contribution < -0.4 is 16.4 Å². The number of hydrogen-bond donors (Lipinski definition) is 3. The van der Waals surface area contributed by atoms with E-state index in [1.54, 1.807) is 0 Å². The highest BCUT2D eigenvalue weighted by atomic mass is 35.5. The molecule has 0 saturated carbocycles. The molecule has 6 heteroatoms. The Morgan fingerprint density at radius 2 is 2.00 bits per heavy atom. The van der Waals surface area contributed by atoms with Crippen LogP contribution in [0.3, 0.4) is 0 Å². The van der Waals surface area contributed by atoms with Crippen molar-refractivity contribution in [3.8, 4) is 0 Å². The molecule has 1 unspecified atom stereocenters. The SMILES string of the molecule is CCc1cccc(NC(=O)CNC(=O)CCC(C)N)c1.Cl. The van der Waals surface area contributed by atoms with Gasteiger partial charge in [-0.05, 0) is 37.5 Å². The van der Waals surface area contributed by atoms with Crippen molar-refractivity contribution in [2.75, 3.05) is 11.9 Å². The van der Waals surface area contributed by atoms with Crippen LogP contribution in [0.2, 0.25) is 0 Å². The molecule has 0 saturated heterocycles. The zero-order valence-corrected chi connectivity index (χ0v) is 13.3. The number of halogens is 1. The third-order valence-corrected chi connectivity index (χ3v) is 2.89. The molecule has 118 valence electrons. The predicted octanol–water partition coefficient (Wildman–Crippen LogP) is 1.85. The summed E-state index contributed by atoms with van der Waals surface area (Å²) in [5.74, 6) is -0.382. The summed E-state index contributed by atoms with van der Waals surface area (Å²) in [6.45, 7) is 3.88. The van der Waals surface area contributed by atoms with E-state index in [0.29, 0.717) is 12.8 Å². The van der Waals surface area contributed by atoms with Gasteiger partial charge in [-0.3, -0.25) is 9.59 Å². The van der Waals surface area contributed by atoms with Crippen molar-refractivity contribution in [2.24, 2.45) is 5.73 Å². The third-order valence-electron chi connectivity index (χ3n) is 2.89. The van der Waals surface area contributed by atoms with Crippen molar-refractivity contribution in [3.63, 3.8) is 0 Å². The number of amides is 2. The molecule has 0 aliphatic heterocycles. The molecule has 0 radical (unpaired) electrons. The molecule has 21 heavy (non-hydrogen) atoms. The van der Waals surface area contributed by atoms with Gasteiger partial charge < -0.3 is 16.4 Å². The lowest BCUT2D eigenvalue weighted by Gasteiger charge is -2.08. The quantitative estimate of drug-likeness (QED) is 0.718. The first kappa shape index (κ1) is 19.4. The van der Waals surface area contributed by atoms with Crippen molar-refractivity contribution in [1.82, 2.24) is 5.32 Å². The Balaban J connectivity index is 0.00000400. The van der Waals surface area contributed by atoms with Gasteiger partial charge >= 0.3 is 0 Å². The maximum atomic E-state index is 11.7. The van der Waals surface area contributed by atoms with Crippen LogP contribution in [0.4, 0.5) is 5.69 Å². The van der Waals surface area contributed by atoms with Crippen LogP contribution in [0.15, 0.2) is 24.3 Å². The first-order chi connectivity index (χ1) is 9.51. The Morgan fingerprint density at radius 3 is 2.62 bits per heavy atom. The van der Waals surface area contributed by atoms with Gasteiger partial charge in [-0.2, -0.15) is 0 Å². The monoisotopic (exact) mass is 313 g/mol. The predicted molar refractivity (Wildman–Crippen MR) is 87.6 cm³/mol. The summed E-state index contributed by atoms with van der Waals surface area (Å²) < 4.78 is 0. The van der Waals surface area contributed by atoms with E-state index in [-0.39, 0.29) is 36.8 Å². The summed E-state index contributed by atoms with van der Waals surface area (Å²) in [7, 11) is 0. The second kappa shape index (κ2) is 10.2. The highest BCUT2D eigenvalue weighted by Crippen LogP contribution is 2.10. The number of carbonyl (C=O) groups is 2. The van der Waals surface area contributed by atoms with Gasteiger partial charge in [-0.25, -0.2) is 0 Å². The molecule has 0 fully saturated rings. The number of anilines is 1. The molecule has 0 aromatic heterocycles. The molecule has 0 heterocycles. The Labute approximate surface area is 132 Å². The van der Waals surface area contributed by atoms with Gasteiger partial charge in [0, 0.05) is 18.2 Å². The Hall–Kier alpha value is -1.59. The first-order valence-corrected chi connectivity index (χ1v) is 6.92. The van der Waals surface area contributed by atoms with E-state index in [1.165, 1.54) is 0 Å². The van der Waals surface area contributed by atoms with E-state index < -0.39 is 0 Å². The van der Waals surface area contributed by atoms with Gasteiger partial charge in [0.2, 0.25) is 11.8 Å². The second-order valence-electron chi connectivity index (χ2n) is 4.89. The normalized spacial score (nSPS) is 11.2. The maximum absolute atomic E-state index is 11.7. The van der Waals surface area contributed by atoms with E-state index >= 15 is 0 Å². The summed E-state index contributed by atoms with van der Waals surface area (Å²) in [6, 6.07) is 7.65. The van der Waals surface area contributed by atoms with Gasteiger partial charge in [-0.15, -0.1) is 12.4 Å². The summed E-state index contributed by atoms with van der Waals surface area (Å²) in [6.07, 6.45) is 1.87. The van der Waals surface area contributed by atoms with Crippen LogP contribution in [-0.4, -0.2) is 24.4 Å². The summed E-state index contributed by atoms with van der Waals surface area (Å²) in [4.78, 5) is 23.2. The average Bonchev–Trinajstić information content (AvgIpc) is 2.43. The van der Waals surface area contributed by atoms with E-state index in [2.05, 4.69) is 17.6 Å². The van der Waals surface area contributed by atoms with Crippen LogP contribution in [0.5, 0.6) is 0 Å². The van der Waals surface area contributed by atoms with Gasteiger partial charge in [0.25, 0.3) is 0 Å². The second-order valence-corrected chi connectivity index (χ2v) is 4.89. The molecule has 4 N–H and O–H groups in total. The van der Waals surface area contributed by atoms with Crippen molar-refractivity contribution in [2.45, 2.75) is 39.2 Å². The van der Waals surface area contributed by atoms with Crippen molar-refractivity contribution < 1.29 is 9.59 Å². The zero-order valence-electron chi connectivity index (χ0n) is 12.5. The van der Waals surface area contributed by atoms with Crippen LogP contribution >= 0.6 is 12.4 Å². The lowest BCUT2D eigenvalue weighted by atomic mass is 10.1. The third kappa shape index (κ3) is 8.32. The maximum Gasteiger partial charge on any atom is 0.243 e. The van der Waals surface area contributed by atoms with Gasteiger partial charge in [-0.1, -0.05) is 19.1 Å². The molecule has 5 nitrogen and oxygen atoms in total. The lowest BCUT2D eigenvalue weighted by molar-refractivity contribution is -0.124. The van der Waals surface area contributed by atoms with Crippen molar-refractivity contribution in [1.29, 1.82) is 0 Å². The molecule has 0 aliphatic rings. The Kier molecular flexibility index (Phi) is 9.41. The number of aryl methyl sites for hydroxylation is 1. The standard InChI is InChI=1S/C15H23N3O2.ClH/c1-3-12-5-4-6-13(9-12)18-15(20)10-17-14(19)8-7-11(2)16;/h4-6,9,11H,3,7-8,10,16H2,1-2H3,(H,17,19)(H,18,20);1H. The van der Waals surface area contributed by atoms with Gasteiger partial charge in [0.1, 0.15) is 0 Å². The number of rotatable bonds is 7. The molecular formula is C15H24ClN3O2. The summed E-state index contributed by atoms with van der Waals surface area (Å²) in [5.41, 5.74) is 7.47. The molecule has 1 aromatic rings. The van der Waals surface area contributed by atoms with E-state index in [4.69, 9.17) is 5.73 Å². The highest BCUT2D eigenvalue weighted by Gasteiger charge is 2.07. The molecule has 0 spiro atoms. The average molecular weight is 314 g/mol. The van der Waals surface area contributed by atoms with E-state index in [0.717, 1.165) is 17.7 Å². The van der Waals surface area contributed by atoms with Gasteiger partial charge in [0.05, 0.1) is 6.54 Å². The molecule has 1 rings (SSSR count). The number of carbonyl (C=O) groups excluding carboxylic acids is 2. The fourth-order valence-corrected chi connectivity index (χ4v) is 1.70. The zero-order chi connectivity index (χ0) is 15.0. The first-order valence-electron chi connectivity index (χ1n) is 6.92. The summed E-state index contributed by atoms with van der Waals surface area (Å²) >= 11 is 0. The minimum Gasteiger partial charge on any atom is -0.347 e. The van der Waals surface area contributed by atoms with E-state index in [9.17, 15) is 9.59 Å². The minimum atomic E-state index is -0.229. The van der Waals surface area contributed by atoms with Crippen LogP contribution in [-0.2, 0) is 16.0 Å². The smallest absolute Gasteiger partial charge is 0.243 e. The molecular weight excluding hydrogens is 290 g/mol. The fraction of sp³-hybridized carbons (Fsp3) is 0.467. The van der Waals surface area contributed by atoms with Crippen LogP contribution in [0.25, 0.3) is 0 Å². The lowest BCUT2D eigenvalue weighted by Crippen LogP contribution is -2.33. The van der Waals surface area contributed by atoms with Crippen molar-refractivity contribution in [3.05, 3.63) is 29.8 Å². The highest BCUT2D eigenvalue weighted by molar-refractivity contribution is 5.94. The Bertz CT molecular complexity index is 464. The van der Waals surface area contributed by atoms with E-state index in [1.807, 2.05) is 31.2 Å². The molecule has 1 aromatic carbocycles. The van der Waals surface area contributed by atoms with Crippen LogP contribution in [0.1, 0.15) is 32.3 Å². The minimum absolute atomic E-state index is 0.